The van der Waals surface area contributed by atoms with Crippen LogP contribution in [0.1, 0.15) is 20.8 Å². The lowest BCUT2D eigenvalue weighted by Crippen LogP contribution is -2.31. The van der Waals surface area contributed by atoms with E-state index < -0.39 is 17.7 Å². The maximum atomic E-state index is 12.8. The van der Waals surface area contributed by atoms with Gasteiger partial charge in [-0.2, -0.15) is 10.2 Å². The summed E-state index contributed by atoms with van der Waals surface area (Å²) >= 11 is 12.4. The fourth-order valence-electron chi connectivity index (χ4n) is 2.76. The zero-order valence-corrected chi connectivity index (χ0v) is 20.4. The molecule has 0 saturated carbocycles. The monoisotopic (exact) mass is 497 g/mol. The molecule has 0 heterocycles. The molecule has 2 aromatic rings. The lowest BCUT2D eigenvalue weighted by atomic mass is 10.2. The highest BCUT2D eigenvalue weighted by Gasteiger charge is 2.24. The number of benzene rings is 2. The van der Waals surface area contributed by atoms with Crippen LogP contribution in [0, 0.1) is 0 Å². The number of anilines is 1. The van der Waals surface area contributed by atoms with Gasteiger partial charge in [0.1, 0.15) is 17.2 Å². The van der Waals surface area contributed by atoms with E-state index in [1.807, 2.05) is 6.92 Å². The topological polar surface area (TPSA) is 108 Å². The Morgan fingerprint density at radius 2 is 1.61 bits per heavy atom. The fourth-order valence-corrected chi connectivity index (χ4v) is 3.26. The van der Waals surface area contributed by atoms with Crippen molar-refractivity contribution in [1.82, 2.24) is 0 Å². The van der Waals surface area contributed by atoms with Crippen LogP contribution < -0.4 is 24.3 Å². The number of nitrogens with zero attached hydrogens (tertiary/aromatic N) is 2. The van der Waals surface area contributed by atoms with Gasteiger partial charge in [-0.1, -0.05) is 23.2 Å². The van der Waals surface area contributed by atoms with Crippen molar-refractivity contribution < 1.29 is 28.5 Å². The Morgan fingerprint density at radius 3 is 2.18 bits per heavy atom. The number of amides is 1. The Labute approximate surface area is 202 Å². The molecular weight excluding hydrogens is 473 g/mol. The predicted octanol–water partition coefficient (Wildman–Crippen LogP) is 5.49. The van der Waals surface area contributed by atoms with Crippen molar-refractivity contribution in [3.63, 3.8) is 0 Å². The minimum Gasteiger partial charge on any atom is -0.495 e. The highest BCUT2D eigenvalue weighted by atomic mass is 35.5. The predicted molar refractivity (Wildman–Crippen MR) is 126 cm³/mol. The molecule has 2 rings (SSSR count). The summed E-state index contributed by atoms with van der Waals surface area (Å²) in [5, 5.41) is 11.1. The van der Waals surface area contributed by atoms with E-state index in [4.69, 9.17) is 42.1 Å². The normalized spacial score (nSPS) is 11.7. The van der Waals surface area contributed by atoms with Crippen molar-refractivity contribution in [1.29, 1.82) is 0 Å². The molecule has 0 aromatic heterocycles. The van der Waals surface area contributed by atoms with Gasteiger partial charge in [-0.05, 0) is 32.9 Å². The second-order valence-electron chi connectivity index (χ2n) is 6.53. The third-order valence-corrected chi connectivity index (χ3v) is 4.81. The summed E-state index contributed by atoms with van der Waals surface area (Å²) in [7, 11) is 2.89. The third kappa shape index (κ3) is 6.72. The lowest BCUT2D eigenvalue weighted by Gasteiger charge is -2.15. The largest absolute Gasteiger partial charge is 0.495 e. The lowest BCUT2D eigenvalue weighted by molar-refractivity contribution is -0.126. The van der Waals surface area contributed by atoms with Crippen LogP contribution >= 0.6 is 23.2 Å². The van der Waals surface area contributed by atoms with Crippen molar-refractivity contribution in [2.75, 3.05) is 32.8 Å². The number of hydrogen-bond acceptors (Lipinski definition) is 8. The second kappa shape index (κ2) is 12.3. The number of Topliss-reactive ketones (excluding diaryl/α,β-unsaturated/α-hetero) is 1. The molecule has 0 saturated heterocycles. The molecule has 0 radical (unpaired) electrons. The summed E-state index contributed by atoms with van der Waals surface area (Å²) in [6.45, 7) is 5.61. The van der Waals surface area contributed by atoms with Crippen LogP contribution in [-0.4, -0.2) is 45.2 Å². The third-order valence-electron chi connectivity index (χ3n) is 4.23. The smallest absolute Gasteiger partial charge is 0.258 e. The minimum atomic E-state index is -1.42. The average molecular weight is 498 g/mol. The molecule has 1 unspecified atom stereocenters. The first-order valence-corrected chi connectivity index (χ1v) is 10.7. The fraction of sp³-hybridized carbons (Fsp3) is 0.364. The van der Waals surface area contributed by atoms with E-state index in [2.05, 4.69) is 15.5 Å². The van der Waals surface area contributed by atoms with Crippen LogP contribution in [0.4, 0.5) is 11.4 Å². The van der Waals surface area contributed by atoms with Gasteiger partial charge in [-0.3, -0.25) is 9.59 Å². The first kappa shape index (κ1) is 26.2. The Kier molecular flexibility index (Phi) is 9.74. The molecule has 0 aliphatic heterocycles. The van der Waals surface area contributed by atoms with Crippen LogP contribution in [0.25, 0.3) is 0 Å². The molecule has 2 aromatic carbocycles. The Hall–Kier alpha value is -3.04. The van der Waals surface area contributed by atoms with Gasteiger partial charge in [0.2, 0.25) is 6.04 Å². The number of carbonyl (C=O) groups excluding carboxylic acids is 2. The Bertz CT molecular complexity index is 1050. The average Bonchev–Trinajstić information content (AvgIpc) is 2.76. The van der Waals surface area contributed by atoms with Gasteiger partial charge in [0.05, 0.1) is 37.5 Å². The molecule has 11 heteroatoms. The molecule has 1 amide bonds. The van der Waals surface area contributed by atoms with Crippen molar-refractivity contribution in [3.05, 3.63) is 34.3 Å². The maximum Gasteiger partial charge on any atom is 0.258 e. The van der Waals surface area contributed by atoms with Crippen molar-refractivity contribution in [2.24, 2.45) is 10.2 Å². The van der Waals surface area contributed by atoms with Gasteiger partial charge in [0.15, 0.2) is 17.3 Å². The van der Waals surface area contributed by atoms with Crippen LogP contribution in [0.3, 0.4) is 0 Å². The minimum absolute atomic E-state index is 0.227. The first-order chi connectivity index (χ1) is 15.7. The van der Waals surface area contributed by atoms with E-state index in [1.54, 1.807) is 13.0 Å². The van der Waals surface area contributed by atoms with Crippen molar-refractivity contribution >= 4 is 46.3 Å². The van der Waals surface area contributed by atoms with Gasteiger partial charge in [-0.25, -0.2) is 0 Å². The van der Waals surface area contributed by atoms with Gasteiger partial charge < -0.3 is 24.3 Å². The summed E-state index contributed by atoms with van der Waals surface area (Å²) in [6.07, 6.45) is 0. The number of methoxy groups -OCH3 is 2. The summed E-state index contributed by atoms with van der Waals surface area (Å²) in [6, 6.07) is 4.61. The summed E-state index contributed by atoms with van der Waals surface area (Å²) in [5.74, 6) is 0.198. The van der Waals surface area contributed by atoms with Crippen molar-refractivity contribution in [3.8, 4) is 23.0 Å². The highest BCUT2D eigenvalue weighted by molar-refractivity contribution is 6.33. The molecule has 0 spiro atoms. The number of azo groups is 1. The van der Waals surface area contributed by atoms with E-state index in [-0.39, 0.29) is 15.7 Å². The molecule has 0 fully saturated rings. The Balaban J connectivity index is 2.32. The molecule has 0 aliphatic rings. The van der Waals surface area contributed by atoms with Gasteiger partial charge in [-0.15, -0.1) is 0 Å². The van der Waals surface area contributed by atoms with E-state index in [9.17, 15) is 9.59 Å². The molecule has 1 atom stereocenters. The Morgan fingerprint density at radius 1 is 0.939 bits per heavy atom. The number of ketones is 1. The van der Waals surface area contributed by atoms with E-state index in [1.165, 1.54) is 39.3 Å². The first-order valence-electron chi connectivity index (χ1n) is 9.98. The number of nitrogens with one attached hydrogen (secondary N) is 1. The number of rotatable bonds is 11. The zero-order chi connectivity index (χ0) is 24.5. The van der Waals surface area contributed by atoms with E-state index in [0.717, 1.165) is 0 Å². The summed E-state index contributed by atoms with van der Waals surface area (Å²) in [5.41, 5.74) is 0.536. The van der Waals surface area contributed by atoms with Crippen LogP contribution in [-0.2, 0) is 9.59 Å². The van der Waals surface area contributed by atoms with Gasteiger partial charge in [0.25, 0.3) is 5.91 Å². The number of carbonyl (C=O) groups is 2. The number of ether oxygens (including phenoxy) is 4. The summed E-state index contributed by atoms with van der Waals surface area (Å²) < 4.78 is 21.5. The molecule has 33 heavy (non-hydrogen) atoms. The SMILES string of the molecule is CCOc1cc(NC(=O)C(N=Nc2cc(Cl)c(OC)cc2OC)C(C)=O)cc(Cl)c1OCC. The van der Waals surface area contributed by atoms with E-state index >= 15 is 0 Å². The molecule has 178 valence electrons. The summed E-state index contributed by atoms with van der Waals surface area (Å²) in [4.78, 5) is 24.9. The van der Waals surface area contributed by atoms with Crippen molar-refractivity contribution in [2.45, 2.75) is 26.8 Å². The highest BCUT2D eigenvalue weighted by Crippen LogP contribution is 2.39. The second-order valence-corrected chi connectivity index (χ2v) is 7.34. The van der Waals surface area contributed by atoms with Gasteiger partial charge >= 0.3 is 0 Å². The van der Waals surface area contributed by atoms with Crippen LogP contribution in [0.15, 0.2) is 34.5 Å². The zero-order valence-electron chi connectivity index (χ0n) is 18.9. The van der Waals surface area contributed by atoms with E-state index in [0.29, 0.717) is 41.9 Å². The quantitative estimate of drug-likeness (QED) is 0.324. The number of halogens is 2. The number of hydrogen-bond donors (Lipinski definition) is 1. The molecule has 9 nitrogen and oxygen atoms in total. The molecule has 1 N–H and O–H groups in total. The molecule has 0 bridgehead atoms. The maximum absolute atomic E-state index is 12.8. The standard InChI is InChI=1S/C22H25Cl2N3O6/c1-6-32-19-9-13(8-15(24)21(19)33-7-2)25-22(29)20(12(3)28)27-26-16-10-14(23)17(30-4)11-18(16)31-5/h8-11,20H,6-7H2,1-5H3,(H,25,29). The molecule has 0 aliphatic carbocycles. The van der Waals surface area contributed by atoms with Crippen LogP contribution in [0.5, 0.6) is 23.0 Å². The molecular formula is C22H25Cl2N3O6. The van der Waals surface area contributed by atoms with Crippen LogP contribution in [0.2, 0.25) is 10.0 Å². The van der Waals surface area contributed by atoms with Gasteiger partial charge in [0, 0.05) is 17.8 Å².